The summed E-state index contributed by atoms with van der Waals surface area (Å²) < 4.78 is 4.66. The van der Waals surface area contributed by atoms with Crippen molar-refractivity contribution in [3.8, 4) is 0 Å². The van der Waals surface area contributed by atoms with Crippen LogP contribution < -0.4 is 10.6 Å². The predicted octanol–water partition coefficient (Wildman–Crippen LogP) is 1.89. The van der Waals surface area contributed by atoms with E-state index in [2.05, 4.69) is 20.4 Å². The van der Waals surface area contributed by atoms with Crippen LogP contribution in [0.2, 0.25) is 0 Å². The number of pyridine rings is 1. The van der Waals surface area contributed by atoms with E-state index in [4.69, 9.17) is 0 Å². The Balaban J connectivity index is 2.52. The molecule has 1 amide bonds. The van der Waals surface area contributed by atoms with E-state index in [1.165, 1.54) is 7.11 Å². The second kappa shape index (κ2) is 7.06. The number of hydrogen-bond donors (Lipinski definition) is 2. The molecule has 0 aromatic carbocycles. The van der Waals surface area contributed by atoms with Gasteiger partial charge in [0.25, 0.3) is 0 Å². The van der Waals surface area contributed by atoms with Crippen LogP contribution in [-0.2, 0) is 9.53 Å². The molecular weight excluding hydrogens is 270 g/mol. The summed E-state index contributed by atoms with van der Waals surface area (Å²) in [5.74, 6) is 0.206. The lowest BCUT2D eigenvalue weighted by Crippen LogP contribution is -2.41. The summed E-state index contributed by atoms with van der Waals surface area (Å²) in [6.07, 6.45) is 0.358. The number of esters is 1. The Morgan fingerprint density at radius 1 is 1.29 bits per heavy atom. The zero-order chi connectivity index (χ0) is 16.0. The molecule has 116 valence electrons. The first-order valence-corrected chi connectivity index (χ1v) is 6.84. The average Bonchev–Trinajstić information content (AvgIpc) is 2.36. The molecule has 0 aliphatic carbocycles. The Kier molecular flexibility index (Phi) is 5.69. The molecular formula is C15H23N3O3. The van der Waals surface area contributed by atoms with Gasteiger partial charge in [0.1, 0.15) is 5.82 Å². The van der Waals surface area contributed by atoms with E-state index >= 15 is 0 Å². The normalized spacial score (nSPS) is 10.9. The minimum absolute atomic E-state index is 0.0158. The fraction of sp³-hybridized carbons (Fsp3) is 0.533. The van der Waals surface area contributed by atoms with Crippen LogP contribution in [0.4, 0.5) is 5.82 Å². The molecule has 0 saturated heterocycles. The highest BCUT2D eigenvalue weighted by Gasteiger charge is 2.13. The highest BCUT2D eigenvalue weighted by Crippen LogP contribution is 2.11. The maximum atomic E-state index is 11.7. The summed E-state index contributed by atoms with van der Waals surface area (Å²) >= 11 is 0. The van der Waals surface area contributed by atoms with Crippen molar-refractivity contribution in [3.05, 3.63) is 23.4 Å². The van der Waals surface area contributed by atoms with Gasteiger partial charge in [-0.2, -0.15) is 0 Å². The maximum absolute atomic E-state index is 11.7. The SMILES string of the molecule is COC(=O)c1ccc(NCCC(=O)NC(C)(C)C)nc1C. The third kappa shape index (κ3) is 5.81. The molecule has 21 heavy (non-hydrogen) atoms. The van der Waals surface area contributed by atoms with Gasteiger partial charge < -0.3 is 15.4 Å². The zero-order valence-corrected chi connectivity index (χ0v) is 13.2. The van der Waals surface area contributed by atoms with Crippen molar-refractivity contribution in [3.63, 3.8) is 0 Å². The molecule has 6 nitrogen and oxygen atoms in total. The van der Waals surface area contributed by atoms with E-state index in [0.717, 1.165) is 0 Å². The van der Waals surface area contributed by atoms with Gasteiger partial charge in [0.2, 0.25) is 5.91 Å². The monoisotopic (exact) mass is 293 g/mol. The van der Waals surface area contributed by atoms with Crippen LogP contribution in [0.3, 0.4) is 0 Å². The van der Waals surface area contributed by atoms with Gasteiger partial charge in [-0.3, -0.25) is 4.79 Å². The number of aryl methyl sites for hydroxylation is 1. The average molecular weight is 293 g/mol. The number of aromatic nitrogens is 1. The number of rotatable bonds is 5. The Hall–Kier alpha value is -2.11. The van der Waals surface area contributed by atoms with Gasteiger partial charge in [-0.25, -0.2) is 9.78 Å². The Morgan fingerprint density at radius 3 is 2.48 bits per heavy atom. The van der Waals surface area contributed by atoms with Crippen molar-refractivity contribution < 1.29 is 14.3 Å². The number of anilines is 1. The van der Waals surface area contributed by atoms with Crippen LogP contribution >= 0.6 is 0 Å². The van der Waals surface area contributed by atoms with Crippen molar-refractivity contribution >= 4 is 17.7 Å². The number of nitrogens with one attached hydrogen (secondary N) is 2. The molecule has 1 aromatic rings. The Morgan fingerprint density at radius 2 is 1.95 bits per heavy atom. The molecule has 0 fully saturated rings. The van der Waals surface area contributed by atoms with E-state index in [0.29, 0.717) is 30.0 Å². The molecule has 2 N–H and O–H groups in total. The third-order valence-corrected chi connectivity index (χ3v) is 2.66. The standard InChI is InChI=1S/C15H23N3O3/c1-10-11(14(20)21-5)6-7-12(17-10)16-9-8-13(19)18-15(2,3)4/h6-7H,8-9H2,1-5H3,(H,16,17)(H,18,19). The lowest BCUT2D eigenvalue weighted by molar-refractivity contribution is -0.122. The number of methoxy groups -OCH3 is 1. The van der Waals surface area contributed by atoms with Gasteiger partial charge >= 0.3 is 5.97 Å². The molecule has 1 heterocycles. The van der Waals surface area contributed by atoms with E-state index < -0.39 is 5.97 Å². The molecule has 0 aliphatic rings. The number of ether oxygens (including phenoxy) is 1. The fourth-order valence-electron chi connectivity index (χ4n) is 1.77. The third-order valence-electron chi connectivity index (χ3n) is 2.66. The summed E-state index contributed by atoms with van der Waals surface area (Å²) in [4.78, 5) is 27.4. The predicted molar refractivity (Wildman–Crippen MR) is 81.3 cm³/mol. The molecule has 6 heteroatoms. The summed E-state index contributed by atoms with van der Waals surface area (Å²) in [6.45, 7) is 8.04. The van der Waals surface area contributed by atoms with E-state index in [1.807, 2.05) is 20.8 Å². The highest BCUT2D eigenvalue weighted by molar-refractivity contribution is 5.90. The van der Waals surface area contributed by atoms with Crippen LogP contribution in [0.1, 0.15) is 43.2 Å². The quantitative estimate of drug-likeness (QED) is 0.810. The molecule has 0 atom stereocenters. The molecule has 0 aliphatic heterocycles. The van der Waals surface area contributed by atoms with E-state index in [1.54, 1.807) is 19.1 Å². The van der Waals surface area contributed by atoms with Crippen molar-refractivity contribution in [1.82, 2.24) is 10.3 Å². The molecule has 1 aromatic heterocycles. The van der Waals surface area contributed by atoms with Gasteiger partial charge in [0.05, 0.1) is 18.4 Å². The number of amides is 1. The fourth-order valence-corrected chi connectivity index (χ4v) is 1.77. The van der Waals surface area contributed by atoms with Crippen LogP contribution in [0, 0.1) is 6.92 Å². The number of carbonyl (C=O) groups is 2. The van der Waals surface area contributed by atoms with Crippen LogP contribution in [0.15, 0.2) is 12.1 Å². The second-order valence-electron chi connectivity index (χ2n) is 5.80. The molecule has 0 saturated carbocycles. The van der Waals surface area contributed by atoms with E-state index in [9.17, 15) is 9.59 Å². The molecule has 0 bridgehead atoms. The summed E-state index contributed by atoms with van der Waals surface area (Å²) in [7, 11) is 1.34. The molecule has 0 radical (unpaired) electrons. The Labute approximate surface area is 125 Å². The van der Waals surface area contributed by atoms with Crippen molar-refractivity contribution in [1.29, 1.82) is 0 Å². The minimum atomic E-state index is -0.406. The molecule has 0 unspecified atom stereocenters. The molecule has 1 rings (SSSR count). The van der Waals surface area contributed by atoms with Crippen molar-refractivity contribution in [2.75, 3.05) is 19.0 Å². The zero-order valence-electron chi connectivity index (χ0n) is 13.2. The number of hydrogen-bond acceptors (Lipinski definition) is 5. The van der Waals surface area contributed by atoms with E-state index in [-0.39, 0.29) is 11.4 Å². The summed E-state index contributed by atoms with van der Waals surface area (Å²) in [6, 6.07) is 3.35. The minimum Gasteiger partial charge on any atom is -0.465 e. The largest absolute Gasteiger partial charge is 0.465 e. The smallest absolute Gasteiger partial charge is 0.339 e. The maximum Gasteiger partial charge on any atom is 0.339 e. The first-order valence-electron chi connectivity index (χ1n) is 6.84. The van der Waals surface area contributed by atoms with Crippen LogP contribution in [-0.4, -0.2) is 36.1 Å². The highest BCUT2D eigenvalue weighted by atomic mass is 16.5. The summed E-state index contributed by atoms with van der Waals surface area (Å²) in [5, 5.41) is 5.95. The van der Waals surface area contributed by atoms with Gasteiger partial charge in [0, 0.05) is 18.5 Å². The van der Waals surface area contributed by atoms with Crippen LogP contribution in [0.25, 0.3) is 0 Å². The Bertz CT molecular complexity index is 521. The van der Waals surface area contributed by atoms with Gasteiger partial charge in [-0.1, -0.05) is 0 Å². The van der Waals surface area contributed by atoms with Gasteiger partial charge in [-0.15, -0.1) is 0 Å². The number of carbonyl (C=O) groups excluding carboxylic acids is 2. The van der Waals surface area contributed by atoms with Gasteiger partial charge in [-0.05, 0) is 39.8 Å². The lowest BCUT2D eigenvalue weighted by Gasteiger charge is -2.20. The molecule has 0 spiro atoms. The van der Waals surface area contributed by atoms with Gasteiger partial charge in [0.15, 0.2) is 0 Å². The summed E-state index contributed by atoms with van der Waals surface area (Å²) in [5.41, 5.74) is 0.799. The second-order valence-corrected chi connectivity index (χ2v) is 5.80. The van der Waals surface area contributed by atoms with Crippen LogP contribution in [0.5, 0.6) is 0 Å². The van der Waals surface area contributed by atoms with Crippen molar-refractivity contribution in [2.45, 2.75) is 39.7 Å². The first kappa shape index (κ1) is 16.9. The first-order chi connectivity index (χ1) is 9.73. The topological polar surface area (TPSA) is 80.3 Å². The van der Waals surface area contributed by atoms with Crippen molar-refractivity contribution in [2.24, 2.45) is 0 Å². The lowest BCUT2D eigenvalue weighted by atomic mass is 10.1. The number of nitrogens with zero attached hydrogens (tertiary/aromatic N) is 1.